The minimum absolute atomic E-state index is 0.161. The van der Waals surface area contributed by atoms with Gasteiger partial charge in [-0.05, 0) is 52.9 Å². The standard InChI is InChI=1S/C15H21BrFN/c1-2-18-15(11-7-4-3-5-8-11)12-9-6-10-13(17)14(12)16/h6,9-11,15,18H,2-5,7-8H2,1H3. The van der Waals surface area contributed by atoms with Crippen LogP contribution in [0, 0.1) is 11.7 Å². The van der Waals surface area contributed by atoms with E-state index in [0.717, 1.165) is 12.1 Å². The molecule has 18 heavy (non-hydrogen) atoms. The molecule has 100 valence electrons. The van der Waals surface area contributed by atoms with Crippen LogP contribution in [0.1, 0.15) is 50.6 Å². The fraction of sp³-hybridized carbons (Fsp3) is 0.600. The molecule has 1 unspecified atom stereocenters. The minimum Gasteiger partial charge on any atom is -0.310 e. The lowest BCUT2D eigenvalue weighted by Crippen LogP contribution is -2.30. The van der Waals surface area contributed by atoms with Crippen molar-refractivity contribution in [3.8, 4) is 0 Å². The van der Waals surface area contributed by atoms with Crippen LogP contribution in [-0.2, 0) is 0 Å². The first-order valence-electron chi connectivity index (χ1n) is 6.91. The summed E-state index contributed by atoms with van der Waals surface area (Å²) in [5.74, 6) is 0.475. The topological polar surface area (TPSA) is 12.0 Å². The van der Waals surface area contributed by atoms with Crippen molar-refractivity contribution in [2.24, 2.45) is 5.92 Å². The van der Waals surface area contributed by atoms with Crippen molar-refractivity contribution in [1.29, 1.82) is 0 Å². The Labute approximate surface area is 117 Å². The van der Waals surface area contributed by atoms with Gasteiger partial charge < -0.3 is 5.32 Å². The van der Waals surface area contributed by atoms with Crippen molar-refractivity contribution in [1.82, 2.24) is 5.32 Å². The maximum absolute atomic E-state index is 13.7. The molecule has 1 aromatic carbocycles. The van der Waals surface area contributed by atoms with E-state index in [-0.39, 0.29) is 11.9 Å². The molecule has 0 heterocycles. The van der Waals surface area contributed by atoms with Crippen LogP contribution in [0.3, 0.4) is 0 Å². The molecule has 0 amide bonds. The molecule has 3 heteroatoms. The van der Waals surface area contributed by atoms with Gasteiger partial charge in [0.2, 0.25) is 0 Å². The molecule has 2 rings (SSSR count). The van der Waals surface area contributed by atoms with Crippen LogP contribution in [0.2, 0.25) is 0 Å². The Kier molecular flexibility index (Phi) is 5.19. The zero-order valence-electron chi connectivity index (χ0n) is 10.9. The number of halogens is 2. The molecule has 1 aromatic rings. The summed E-state index contributed by atoms with van der Waals surface area (Å²) in [7, 11) is 0. The fourth-order valence-corrected chi connectivity index (χ4v) is 3.49. The van der Waals surface area contributed by atoms with Crippen molar-refractivity contribution < 1.29 is 4.39 Å². The van der Waals surface area contributed by atoms with Crippen LogP contribution >= 0.6 is 15.9 Å². The highest BCUT2D eigenvalue weighted by molar-refractivity contribution is 9.10. The minimum atomic E-state index is -0.161. The Hall–Kier alpha value is -0.410. The van der Waals surface area contributed by atoms with Gasteiger partial charge in [0.25, 0.3) is 0 Å². The molecular formula is C15H21BrFN. The van der Waals surface area contributed by atoms with Gasteiger partial charge in [0.1, 0.15) is 5.82 Å². The van der Waals surface area contributed by atoms with Gasteiger partial charge in [-0.15, -0.1) is 0 Å². The number of hydrogen-bond acceptors (Lipinski definition) is 1. The van der Waals surface area contributed by atoms with Gasteiger partial charge in [-0.3, -0.25) is 0 Å². The SMILES string of the molecule is CCNC(c1cccc(F)c1Br)C1CCCCC1. The second kappa shape index (κ2) is 6.67. The van der Waals surface area contributed by atoms with Gasteiger partial charge in [-0.2, -0.15) is 0 Å². The molecule has 1 atom stereocenters. The molecule has 0 bridgehead atoms. The van der Waals surface area contributed by atoms with Crippen LogP contribution in [0.4, 0.5) is 4.39 Å². The van der Waals surface area contributed by atoms with E-state index in [9.17, 15) is 4.39 Å². The van der Waals surface area contributed by atoms with Gasteiger partial charge >= 0.3 is 0 Å². The Morgan fingerprint density at radius 1 is 1.33 bits per heavy atom. The lowest BCUT2D eigenvalue weighted by atomic mass is 9.81. The van der Waals surface area contributed by atoms with E-state index in [1.807, 2.05) is 12.1 Å². The number of hydrogen-bond donors (Lipinski definition) is 1. The van der Waals surface area contributed by atoms with Gasteiger partial charge in [0.15, 0.2) is 0 Å². The second-order valence-corrected chi connectivity index (χ2v) is 5.87. The van der Waals surface area contributed by atoms with Crippen LogP contribution in [-0.4, -0.2) is 6.54 Å². The highest BCUT2D eigenvalue weighted by Crippen LogP contribution is 2.37. The van der Waals surface area contributed by atoms with Crippen molar-refractivity contribution in [3.63, 3.8) is 0 Å². The van der Waals surface area contributed by atoms with Gasteiger partial charge in [0, 0.05) is 6.04 Å². The van der Waals surface area contributed by atoms with E-state index in [1.54, 1.807) is 0 Å². The largest absolute Gasteiger partial charge is 0.310 e. The molecule has 0 spiro atoms. The van der Waals surface area contributed by atoms with Crippen molar-refractivity contribution in [2.75, 3.05) is 6.54 Å². The van der Waals surface area contributed by atoms with E-state index in [4.69, 9.17) is 0 Å². The first kappa shape index (κ1) is 14.0. The summed E-state index contributed by atoms with van der Waals surface area (Å²) in [6, 6.07) is 5.63. The summed E-state index contributed by atoms with van der Waals surface area (Å²) in [6.07, 6.45) is 6.46. The molecule has 0 aromatic heterocycles. The highest BCUT2D eigenvalue weighted by atomic mass is 79.9. The molecule has 0 aliphatic heterocycles. The average Bonchev–Trinajstić information content (AvgIpc) is 2.41. The van der Waals surface area contributed by atoms with Crippen molar-refractivity contribution in [2.45, 2.75) is 45.1 Å². The Balaban J connectivity index is 2.25. The molecule has 1 N–H and O–H groups in total. The molecular weight excluding hydrogens is 293 g/mol. The van der Waals surface area contributed by atoms with Crippen LogP contribution in [0.5, 0.6) is 0 Å². The molecule has 1 nitrogen and oxygen atoms in total. The quantitative estimate of drug-likeness (QED) is 0.840. The highest BCUT2D eigenvalue weighted by Gasteiger charge is 2.26. The lowest BCUT2D eigenvalue weighted by Gasteiger charge is -2.32. The predicted octanol–water partition coefficient (Wildman–Crippen LogP) is 4.82. The predicted molar refractivity (Wildman–Crippen MR) is 77.1 cm³/mol. The Morgan fingerprint density at radius 3 is 2.72 bits per heavy atom. The smallest absolute Gasteiger partial charge is 0.137 e. The summed E-state index contributed by atoms with van der Waals surface area (Å²) in [5, 5.41) is 3.54. The van der Waals surface area contributed by atoms with E-state index in [0.29, 0.717) is 10.4 Å². The summed E-state index contributed by atoms with van der Waals surface area (Å²) in [4.78, 5) is 0. The maximum atomic E-state index is 13.7. The Bertz CT molecular complexity index is 388. The van der Waals surface area contributed by atoms with Gasteiger partial charge in [-0.25, -0.2) is 4.39 Å². The third kappa shape index (κ3) is 3.12. The van der Waals surface area contributed by atoms with Gasteiger partial charge in [0.05, 0.1) is 4.47 Å². The summed E-state index contributed by atoms with van der Waals surface area (Å²) in [6.45, 7) is 3.03. The lowest BCUT2D eigenvalue weighted by molar-refractivity contribution is 0.273. The van der Waals surface area contributed by atoms with Crippen molar-refractivity contribution in [3.05, 3.63) is 34.1 Å². The molecule has 0 radical (unpaired) electrons. The number of benzene rings is 1. The number of nitrogens with one attached hydrogen (secondary N) is 1. The fourth-order valence-electron chi connectivity index (χ4n) is 2.98. The van der Waals surface area contributed by atoms with E-state index in [2.05, 4.69) is 28.2 Å². The van der Waals surface area contributed by atoms with Gasteiger partial charge in [-0.1, -0.05) is 38.3 Å². The van der Waals surface area contributed by atoms with Crippen molar-refractivity contribution >= 4 is 15.9 Å². The van der Waals surface area contributed by atoms with E-state index >= 15 is 0 Å². The first-order chi connectivity index (χ1) is 8.74. The molecule has 1 aliphatic carbocycles. The molecule has 1 saturated carbocycles. The average molecular weight is 314 g/mol. The molecule has 1 aliphatic rings. The normalized spacial score (nSPS) is 18.8. The number of rotatable bonds is 4. The summed E-state index contributed by atoms with van der Waals surface area (Å²) in [5.41, 5.74) is 1.07. The zero-order chi connectivity index (χ0) is 13.0. The van der Waals surface area contributed by atoms with Crippen LogP contribution < -0.4 is 5.32 Å². The molecule has 1 fully saturated rings. The summed E-state index contributed by atoms with van der Waals surface area (Å²) >= 11 is 3.40. The van der Waals surface area contributed by atoms with E-state index in [1.165, 1.54) is 38.2 Å². The zero-order valence-corrected chi connectivity index (χ0v) is 12.5. The second-order valence-electron chi connectivity index (χ2n) is 5.08. The third-order valence-electron chi connectivity index (χ3n) is 3.86. The third-order valence-corrected chi connectivity index (χ3v) is 4.70. The summed E-state index contributed by atoms with van der Waals surface area (Å²) < 4.78 is 14.3. The Morgan fingerprint density at radius 2 is 2.06 bits per heavy atom. The van der Waals surface area contributed by atoms with Crippen LogP contribution in [0.15, 0.2) is 22.7 Å². The first-order valence-corrected chi connectivity index (χ1v) is 7.70. The molecule has 0 saturated heterocycles. The van der Waals surface area contributed by atoms with Crippen LogP contribution in [0.25, 0.3) is 0 Å². The maximum Gasteiger partial charge on any atom is 0.137 e. The van der Waals surface area contributed by atoms with E-state index < -0.39 is 0 Å². The monoisotopic (exact) mass is 313 g/mol.